The van der Waals surface area contributed by atoms with Crippen LogP contribution >= 0.6 is 0 Å². The average Bonchev–Trinajstić information content (AvgIpc) is 3.07. The van der Waals surface area contributed by atoms with Crippen molar-refractivity contribution in [2.45, 2.75) is 0 Å². The van der Waals surface area contributed by atoms with Crippen molar-refractivity contribution in [1.29, 1.82) is 0 Å². The molecule has 3 rings (SSSR count). The van der Waals surface area contributed by atoms with Gasteiger partial charge in [0.2, 0.25) is 5.91 Å². The van der Waals surface area contributed by atoms with E-state index in [1.165, 1.54) is 0 Å². The van der Waals surface area contributed by atoms with Crippen LogP contribution in [0.25, 0.3) is 22.2 Å². The quantitative estimate of drug-likeness (QED) is 0.659. The number of hydrogen-bond donors (Lipinski definition) is 3. The molecule has 0 bridgehead atoms. The second kappa shape index (κ2) is 5.33. The zero-order valence-electron chi connectivity index (χ0n) is 11.7. The predicted octanol–water partition coefficient (Wildman–Crippen LogP) is 0.848. The van der Waals surface area contributed by atoms with E-state index in [0.29, 0.717) is 12.4 Å². The predicted molar refractivity (Wildman–Crippen MR) is 78.7 cm³/mol. The van der Waals surface area contributed by atoms with Gasteiger partial charge in [-0.25, -0.2) is 0 Å². The van der Waals surface area contributed by atoms with Crippen LogP contribution in [0.15, 0.2) is 24.4 Å². The standard InChI is InChI=1S/C13H15N7O/c1-20(2)7-12(21)15-13-9-5-8(11-6-14-19-17-11)3-4-10(9)16-18-13/h3-6H,7H2,1-2H3,(H,14,17,19)(H2,15,16,18,21). The Balaban J connectivity index is 1.93. The Kier molecular flexibility index (Phi) is 3.36. The zero-order valence-corrected chi connectivity index (χ0v) is 11.7. The van der Waals surface area contributed by atoms with Gasteiger partial charge in [0.05, 0.1) is 18.3 Å². The minimum Gasteiger partial charge on any atom is -0.308 e. The number of carbonyl (C=O) groups excluding carboxylic acids is 1. The molecule has 0 aliphatic rings. The van der Waals surface area contributed by atoms with Crippen LogP contribution in [0.5, 0.6) is 0 Å². The second-order valence-electron chi connectivity index (χ2n) is 4.97. The fraction of sp³-hybridized carbons (Fsp3) is 0.231. The lowest BCUT2D eigenvalue weighted by molar-refractivity contribution is -0.116. The zero-order chi connectivity index (χ0) is 14.8. The van der Waals surface area contributed by atoms with Crippen molar-refractivity contribution in [1.82, 2.24) is 30.5 Å². The Morgan fingerprint density at radius 2 is 2.19 bits per heavy atom. The summed E-state index contributed by atoms with van der Waals surface area (Å²) in [5, 5.41) is 21.1. The van der Waals surface area contributed by atoms with E-state index in [2.05, 4.69) is 30.9 Å². The van der Waals surface area contributed by atoms with Crippen molar-refractivity contribution in [2.75, 3.05) is 26.0 Å². The molecule has 0 fully saturated rings. The number of aromatic nitrogens is 5. The molecular formula is C13H15N7O. The summed E-state index contributed by atoms with van der Waals surface area (Å²) in [6.45, 7) is 0.303. The SMILES string of the molecule is CN(C)CC(=O)Nc1n[nH]c2ccc(-c3cn[nH]n3)cc12. The average molecular weight is 285 g/mol. The third-order valence-corrected chi connectivity index (χ3v) is 2.99. The molecule has 0 saturated heterocycles. The molecule has 0 saturated carbocycles. The number of benzene rings is 1. The summed E-state index contributed by atoms with van der Waals surface area (Å²) in [4.78, 5) is 13.6. The molecule has 2 aromatic heterocycles. The van der Waals surface area contributed by atoms with Gasteiger partial charge in [0, 0.05) is 10.9 Å². The van der Waals surface area contributed by atoms with E-state index in [4.69, 9.17) is 0 Å². The molecule has 21 heavy (non-hydrogen) atoms. The number of anilines is 1. The maximum absolute atomic E-state index is 11.8. The molecule has 108 valence electrons. The highest BCUT2D eigenvalue weighted by atomic mass is 16.2. The Bertz CT molecular complexity index is 760. The van der Waals surface area contributed by atoms with Gasteiger partial charge in [0.25, 0.3) is 0 Å². The largest absolute Gasteiger partial charge is 0.308 e. The molecule has 0 aliphatic heterocycles. The third-order valence-electron chi connectivity index (χ3n) is 2.99. The van der Waals surface area contributed by atoms with Crippen LogP contribution in [-0.2, 0) is 4.79 Å². The Hall–Kier alpha value is -2.74. The summed E-state index contributed by atoms with van der Waals surface area (Å²) < 4.78 is 0. The first-order chi connectivity index (χ1) is 10.1. The third kappa shape index (κ3) is 2.75. The Morgan fingerprint density at radius 3 is 2.90 bits per heavy atom. The topological polar surface area (TPSA) is 103 Å². The first kappa shape index (κ1) is 13.3. The maximum atomic E-state index is 11.8. The number of carbonyl (C=O) groups is 1. The fourth-order valence-corrected chi connectivity index (χ4v) is 2.07. The fourth-order valence-electron chi connectivity index (χ4n) is 2.07. The van der Waals surface area contributed by atoms with Crippen LogP contribution in [0.2, 0.25) is 0 Å². The van der Waals surface area contributed by atoms with Crippen LogP contribution in [-0.4, -0.2) is 57.1 Å². The van der Waals surface area contributed by atoms with E-state index in [1.54, 1.807) is 11.1 Å². The minimum atomic E-state index is -0.111. The number of nitrogens with zero attached hydrogens (tertiary/aromatic N) is 4. The first-order valence-electron chi connectivity index (χ1n) is 6.42. The summed E-state index contributed by atoms with van der Waals surface area (Å²) in [5.41, 5.74) is 2.49. The molecule has 0 radical (unpaired) electrons. The highest BCUT2D eigenvalue weighted by Crippen LogP contribution is 2.26. The molecule has 0 aliphatic carbocycles. The van der Waals surface area contributed by atoms with E-state index < -0.39 is 0 Å². The minimum absolute atomic E-state index is 0.111. The summed E-state index contributed by atoms with van der Waals surface area (Å²) in [7, 11) is 3.68. The highest BCUT2D eigenvalue weighted by Gasteiger charge is 2.11. The molecule has 0 spiro atoms. The van der Waals surface area contributed by atoms with E-state index in [9.17, 15) is 4.79 Å². The highest BCUT2D eigenvalue weighted by molar-refractivity contribution is 6.01. The molecule has 8 heteroatoms. The van der Waals surface area contributed by atoms with E-state index >= 15 is 0 Å². The Morgan fingerprint density at radius 1 is 1.33 bits per heavy atom. The summed E-state index contributed by atoms with van der Waals surface area (Å²) in [5.74, 6) is 0.405. The monoisotopic (exact) mass is 285 g/mol. The van der Waals surface area contributed by atoms with Crippen molar-refractivity contribution in [3.8, 4) is 11.3 Å². The van der Waals surface area contributed by atoms with Gasteiger partial charge >= 0.3 is 0 Å². The molecule has 1 aromatic carbocycles. The van der Waals surface area contributed by atoms with Gasteiger partial charge < -0.3 is 10.2 Å². The van der Waals surface area contributed by atoms with Crippen molar-refractivity contribution >= 4 is 22.6 Å². The van der Waals surface area contributed by atoms with Crippen molar-refractivity contribution in [3.05, 3.63) is 24.4 Å². The summed E-state index contributed by atoms with van der Waals surface area (Å²) >= 11 is 0. The van der Waals surface area contributed by atoms with Crippen LogP contribution < -0.4 is 5.32 Å². The van der Waals surface area contributed by atoms with Crippen molar-refractivity contribution in [3.63, 3.8) is 0 Å². The number of likely N-dealkylation sites (N-methyl/N-ethyl adjacent to an activating group) is 1. The lowest BCUT2D eigenvalue weighted by Gasteiger charge is -2.08. The van der Waals surface area contributed by atoms with Gasteiger partial charge in [0.1, 0.15) is 5.69 Å². The summed E-state index contributed by atoms with van der Waals surface area (Å²) in [6.07, 6.45) is 1.64. The van der Waals surface area contributed by atoms with Gasteiger partial charge in [-0.05, 0) is 26.2 Å². The van der Waals surface area contributed by atoms with Crippen LogP contribution in [0.3, 0.4) is 0 Å². The molecule has 1 amide bonds. The van der Waals surface area contributed by atoms with E-state index in [0.717, 1.165) is 22.2 Å². The first-order valence-corrected chi connectivity index (χ1v) is 6.42. The number of nitrogens with one attached hydrogen (secondary N) is 3. The molecular weight excluding hydrogens is 270 g/mol. The normalized spacial score (nSPS) is 11.2. The number of hydrogen-bond acceptors (Lipinski definition) is 5. The van der Waals surface area contributed by atoms with Crippen molar-refractivity contribution < 1.29 is 4.79 Å². The molecule has 3 aromatic rings. The number of amides is 1. The number of rotatable bonds is 4. The Labute approximate surface area is 120 Å². The number of aromatic amines is 2. The molecule has 3 N–H and O–H groups in total. The molecule has 0 atom stereocenters. The lowest BCUT2D eigenvalue weighted by atomic mass is 10.1. The van der Waals surface area contributed by atoms with Crippen LogP contribution in [0.4, 0.5) is 5.82 Å². The van der Waals surface area contributed by atoms with Gasteiger partial charge in [-0.3, -0.25) is 9.89 Å². The van der Waals surface area contributed by atoms with Crippen molar-refractivity contribution in [2.24, 2.45) is 0 Å². The van der Waals surface area contributed by atoms with Gasteiger partial charge in [-0.1, -0.05) is 6.07 Å². The number of H-pyrrole nitrogens is 2. The maximum Gasteiger partial charge on any atom is 0.239 e. The van der Waals surface area contributed by atoms with Crippen LogP contribution in [0.1, 0.15) is 0 Å². The number of fused-ring (bicyclic) bond motifs is 1. The van der Waals surface area contributed by atoms with E-state index in [1.807, 2.05) is 32.3 Å². The van der Waals surface area contributed by atoms with Gasteiger partial charge in [0.15, 0.2) is 5.82 Å². The van der Waals surface area contributed by atoms with Gasteiger partial charge in [-0.2, -0.15) is 20.5 Å². The van der Waals surface area contributed by atoms with Crippen LogP contribution in [0, 0.1) is 0 Å². The lowest BCUT2D eigenvalue weighted by Crippen LogP contribution is -2.27. The summed E-state index contributed by atoms with van der Waals surface area (Å²) in [6, 6.07) is 5.74. The molecule has 0 unspecified atom stereocenters. The smallest absolute Gasteiger partial charge is 0.239 e. The molecule has 2 heterocycles. The second-order valence-corrected chi connectivity index (χ2v) is 4.97. The molecule has 8 nitrogen and oxygen atoms in total. The van der Waals surface area contributed by atoms with E-state index in [-0.39, 0.29) is 5.91 Å². The van der Waals surface area contributed by atoms with Gasteiger partial charge in [-0.15, -0.1) is 0 Å².